The molecule has 0 bridgehead atoms. The standard InChI is InChI=1S/C28H29NO3/c1-19(2)25-15-26(20(3)13-27(25)32-18-22-7-5-4-6-8-22)28(31)29-16-23-10-9-21(11-12-30)14-24(23)17-29/h4-10,13-15,30H,1,11-12,16-18H2,2-3H3. The van der Waals surface area contributed by atoms with Crippen LogP contribution >= 0.6 is 0 Å². The molecule has 4 nitrogen and oxygen atoms in total. The summed E-state index contributed by atoms with van der Waals surface area (Å²) in [6, 6.07) is 20.1. The van der Waals surface area contributed by atoms with Crippen LogP contribution < -0.4 is 4.74 Å². The Morgan fingerprint density at radius 1 is 1.00 bits per heavy atom. The molecular weight excluding hydrogens is 398 g/mol. The average Bonchev–Trinajstić information content (AvgIpc) is 3.21. The number of ether oxygens (including phenoxy) is 1. The quantitative estimate of drug-likeness (QED) is 0.557. The van der Waals surface area contributed by atoms with Crippen molar-refractivity contribution >= 4 is 11.5 Å². The van der Waals surface area contributed by atoms with Gasteiger partial charge in [-0.05, 0) is 65.8 Å². The lowest BCUT2D eigenvalue weighted by molar-refractivity contribution is 0.0750. The van der Waals surface area contributed by atoms with Crippen LogP contribution in [0.4, 0.5) is 0 Å². The number of carbonyl (C=O) groups is 1. The van der Waals surface area contributed by atoms with Crippen molar-refractivity contribution in [2.75, 3.05) is 6.61 Å². The maximum atomic E-state index is 13.4. The SMILES string of the molecule is C=C(C)c1cc(C(=O)N2Cc3ccc(CCO)cc3C2)c(C)cc1OCc1ccccc1. The van der Waals surface area contributed by atoms with Crippen LogP contribution in [0.1, 0.15) is 50.7 Å². The third-order valence-electron chi connectivity index (χ3n) is 5.93. The van der Waals surface area contributed by atoms with Crippen molar-refractivity contribution in [2.24, 2.45) is 0 Å². The molecule has 1 heterocycles. The second kappa shape index (κ2) is 9.41. The van der Waals surface area contributed by atoms with Crippen LogP contribution in [0.5, 0.6) is 5.75 Å². The van der Waals surface area contributed by atoms with Gasteiger partial charge in [-0.2, -0.15) is 0 Å². The molecule has 0 aromatic heterocycles. The Morgan fingerprint density at radius 3 is 2.47 bits per heavy atom. The fourth-order valence-corrected chi connectivity index (χ4v) is 4.15. The van der Waals surface area contributed by atoms with Crippen molar-refractivity contribution in [1.82, 2.24) is 4.90 Å². The molecule has 1 aliphatic rings. The highest BCUT2D eigenvalue weighted by Gasteiger charge is 2.26. The highest BCUT2D eigenvalue weighted by Crippen LogP contribution is 2.32. The van der Waals surface area contributed by atoms with Crippen molar-refractivity contribution in [2.45, 2.75) is 40.0 Å². The third-order valence-corrected chi connectivity index (χ3v) is 5.93. The van der Waals surface area contributed by atoms with Crippen LogP contribution in [0.2, 0.25) is 0 Å². The van der Waals surface area contributed by atoms with E-state index in [2.05, 4.69) is 18.7 Å². The molecule has 0 unspecified atom stereocenters. The number of aliphatic hydroxyl groups excluding tert-OH is 1. The number of hydrogen-bond acceptors (Lipinski definition) is 3. The van der Waals surface area contributed by atoms with E-state index in [4.69, 9.17) is 4.74 Å². The maximum absolute atomic E-state index is 13.4. The Hall–Kier alpha value is -3.37. The van der Waals surface area contributed by atoms with E-state index in [1.54, 1.807) is 0 Å². The highest BCUT2D eigenvalue weighted by molar-refractivity contribution is 5.97. The number of allylic oxidation sites excluding steroid dienone is 1. The van der Waals surface area contributed by atoms with E-state index in [-0.39, 0.29) is 12.5 Å². The summed E-state index contributed by atoms with van der Waals surface area (Å²) in [5.41, 5.74) is 7.80. The molecule has 3 aromatic carbocycles. The smallest absolute Gasteiger partial charge is 0.254 e. The van der Waals surface area contributed by atoms with Crippen molar-refractivity contribution < 1.29 is 14.6 Å². The number of aliphatic hydroxyl groups is 1. The van der Waals surface area contributed by atoms with E-state index in [1.165, 1.54) is 5.56 Å². The van der Waals surface area contributed by atoms with E-state index in [9.17, 15) is 9.90 Å². The lowest BCUT2D eigenvalue weighted by atomic mass is 9.99. The number of fused-ring (bicyclic) bond motifs is 1. The molecule has 0 atom stereocenters. The largest absolute Gasteiger partial charge is 0.488 e. The minimum atomic E-state index is 0.0134. The predicted octanol–water partition coefficient (Wildman–Crippen LogP) is 5.30. The van der Waals surface area contributed by atoms with Crippen LogP contribution in [0, 0.1) is 6.92 Å². The minimum Gasteiger partial charge on any atom is -0.488 e. The first kappa shape index (κ1) is 21.8. The summed E-state index contributed by atoms with van der Waals surface area (Å²) in [6.07, 6.45) is 0.632. The van der Waals surface area contributed by atoms with Gasteiger partial charge >= 0.3 is 0 Å². The van der Waals surface area contributed by atoms with Crippen molar-refractivity contribution in [3.8, 4) is 5.75 Å². The molecule has 4 rings (SSSR count). The predicted molar refractivity (Wildman–Crippen MR) is 127 cm³/mol. The van der Waals surface area contributed by atoms with Gasteiger partial charge in [0.25, 0.3) is 5.91 Å². The molecule has 3 aromatic rings. The monoisotopic (exact) mass is 427 g/mol. The summed E-state index contributed by atoms with van der Waals surface area (Å²) in [5.74, 6) is 0.758. The first-order valence-electron chi connectivity index (χ1n) is 10.9. The number of carbonyl (C=O) groups excluding carboxylic acids is 1. The van der Waals surface area contributed by atoms with Gasteiger partial charge in [-0.15, -0.1) is 0 Å². The number of hydrogen-bond donors (Lipinski definition) is 1. The summed E-state index contributed by atoms with van der Waals surface area (Å²) in [6.45, 7) is 9.76. The van der Waals surface area contributed by atoms with Gasteiger partial charge in [0, 0.05) is 30.8 Å². The van der Waals surface area contributed by atoms with E-state index in [0.717, 1.165) is 39.1 Å². The van der Waals surface area contributed by atoms with Crippen LogP contribution in [0.25, 0.3) is 5.57 Å². The van der Waals surface area contributed by atoms with Gasteiger partial charge in [0.2, 0.25) is 0 Å². The van der Waals surface area contributed by atoms with E-state index < -0.39 is 0 Å². The maximum Gasteiger partial charge on any atom is 0.254 e. The lowest BCUT2D eigenvalue weighted by Crippen LogP contribution is -2.26. The van der Waals surface area contributed by atoms with Gasteiger partial charge in [-0.1, -0.05) is 55.1 Å². The number of amides is 1. The molecule has 0 saturated heterocycles. The molecule has 1 N–H and O–H groups in total. The number of nitrogens with zero attached hydrogens (tertiary/aromatic N) is 1. The second-order valence-electron chi connectivity index (χ2n) is 8.46. The van der Waals surface area contributed by atoms with Crippen LogP contribution in [0.15, 0.2) is 67.2 Å². The van der Waals surface area contributed by atoms with Crippen molar-refractivity contribution in [1.29, 1.82) is 0 Å². The molecule has 1 aliphatic heterocycles. The Labute approximate surface area is 189 Å². The molecule has 0 saturated carbocycles. The van der Waals surface area contributed by atoms with Crippen LogP contribution in [0.3, 0.4) is 0 Å². The Kier molecular flexibility index (Phi) is 6.42. The number of benzene rings is 3. The Balaban J connectivity index is 1.56. The highest BCUT2D eigenvalue weighted by atomic mass is 16.5. The molecule has 0 spiro atoms. The number of rotatable bonds is 7. The summed E-state index contributed by atoms with van der Waals surface area (Å²) < 4.78 is 6.11. The molecule has 0 radical (unpaired) electrons. The first-order valence-corrected chi connectivity index (χ1v) is 10.9. The van der Waals surface area contributed by atoms with E-state index in [0.29, 0.717) is 31.7 Å². The van der Waals surface area contributed by atoms with Gasteiger partial charge in [0.15, 0.2) is 0 Å². The van der Waals surface area contributed by atoms with E-state index >= 15 is 0 Å². The zero-order chi connectivity index (χ0) is 22.7. The van der Waals surface area contributed by atoms with Gasteiger partial charge in [-0.3, -0.25) is 4.79 Å². The zero-order valence-electron chi connectivity index (χ0n) is 18.7. The lowest BCUT2D eigenvalue weighted by Gasteiger charge is -2.20. The zero-order valence-corrected chi connectivity index (χ0v) is 18.7. The summed E-state index contributed by atoms with van der Waals surface area (Å²) in [5, 5.41) is 9.20. The topological polar surface area (TPSA) is 49.8 Å². The van der Waals surface area contributed by atoms with Crippen LogP contribution in [-0.4, -0.2) is 22.5 Å². The average molecular weight is 428 g/mol. The van der Waals surface area contributed by atoms with Gasteiger partial charge in [0.1, 0.15) is 12.4 Å². The molecule has 4 heteroatoms. The summed E-state index contributed by atoms with van der Waals surface area (Å²) >= 11 is 0. The van der Waals surface area contributed by atoms with Crippen molar-refractivity contribution in [3.63, 3.8) is 0 Å². The van der Waals surface area contributed by atoms with Gasteiger partial charge < -0.3 is 14.7 Å². The Bertz CT molecular complexity index is 1150. The van der Waals surface area contributed by atoms with E-state index in [1.807, 2.05) is 67.3 Å². The summed E-state index contributed by atoms with van der Waals surface area (Å²) in [4.78, 5) is 15.3. The first-order chi connectivity index (χ1) is 15.5. The van der Waals surface area contributed by atoms with Gasteiger partial charge in [0.05, 0.1) is 0 Å². The molecular formula is C28H29NO3. The van der Waals surface area contributed by atoms with Crippen molar-refractivity contribution in [3.05, 3.63) is 106 Å². The Morgan fingerprint density at radius 2 is 1.75 bits per heavy atom. The second-order valence-corrected chi connectivity index (χ2v) is 8.46. The van der Waals surface area contributed by atoms with Crippen LogP contribution in [-0.2, 0) is 26.1 Å². The molecule has 1 amide bonds. The number of aryl methyl sites for hydroxylation is 1. The molecule has 32 heavy (non-hydrogen) atoms. The van der Waals surface area contributed by atoms with Gasteiger partial charge in [-0.25, -0.2) is 0 Å². The normalized spacial score (nSPS) is 12.5. The molecule has 0 aliphatic carbocycles. The summed E-state index contributed by atoms with van der Waals surface area (Å²) in [7, 11) is 0. The fourth-order valence-electron chi connectivity index (χ4n) is 4.15. The fraction of sp³-hybridized carbons (Fsp3) is 0.250. The molecule has 0 fully saturated rings. The molecule has 164 valence electrons. The minimum absolute atomic E-state index is 0.0134. The third kappa shape index (κ3) is 4.61.